The summed E-state index contributed by atoms with van der Waals surface area (Å²) >= 11 is 1.39. The summed E-state index contributed by atoms with van der Waals surface area (Å²) in [6.45, 7) is 7.34. The fourth-order valence-corrected chi connectivity index (χ4v) is 2.99. The zero-order valence-corrected chi connectivity index (χ0v) is 14.5. The van der Waals surface area contributed by atoms with Crippen LogP contribution < -0.4 is 10.6 Å². The van der Waals surface area contributed by atoms with E-state index in [2.05, 4.69) is 15.6 Å². The first-order valence-electron chi connectivity index (χ1n) is 7.40. The van der Waals surface area contributed by atoms with E-state index in [9.17, 15) is 9.59 Å². The topological polar surface area (TPSA) is 71.1 Å². The lowest BCUT2D eigenvalue weighted by molar-refractivity contribution is -0.119. The number of urea groups is 1. The summed E-state index contributed by atoms with van der Waals surface area (Å²) in [5.41, 5.74) is 0.471. The van der Waals surface area contributed by atoms with Crippen LogP contribution >= 0.6 is 11.8 Å². The molecule has 2 N–H and O–H groups in total. The lowest BCUT2D eigenvalue weighted by atomic mass is 10.1. The molecule has 0 bridgehead atoms. The molecule has 122 valence electrons. The first kappa shape index (κ1) is 17.3. The van der Waals surface area contributed by atoms with Crippen LogP contribution in [-0.2, 0) is 4.79 Å². The van der Waals surface area contributed by atoms with Crippen molar-refractivity contribution in [1.29, 1.82) is 0 Å². The molecule has 1 atom stereocenters. The summed E-state index contributed by atoms with van der Waals surface area (Å²) < 4.78 is 0. The van der Waals surface area contributed by atoms with Gasteiger partial charge in [0.1, 0.15) is 0 Å². The SMILES string of the molecule is C[C@H](Sc1cccc2cccnc12)C(=O)NC(=O)NC(C)(C)C. The molecule has 2 rings (SSSR count). The molecule has 0 aliphatic heterocycles. The second-order valence-electron chi connectivity index (χ2n) is 6.28. The van der Waals surface area contributed by atoms with Gasteiger partial charge in [-0.15, -0.1) is 11.8 Å². The molecule has 1 aromatic heterocycles. The number of thioether (sulfide) groups is 1. The van der Waals surface area contributed by atoms with Gasteiger partial charge in [-0.05, 0) is 39.8 Å². The molecule has 0 saturated carbocycles. The summed E-state index contributed by atoms with van der Waals surface area (Å²) in [7, 11) is 0. The van der Waals surface area contributed by atoms with Gasteiger partial charge in [-0.2, -0.15) is 0 Å². The number of para-hydroxylation sites is 1. The molecule has 0 aliphatic rings. The van der Waals surface area contributed by atoms with Crippen LogP contribution in [0.4, 0.5) is 4.79 Å². The Morgan fingerprint density at radius 1 is 1.17 bits per heavy atom. The number of rotatable bonds is 3. The maximum Gasteiger partial charge on any atom is 0.321 e. The summed E-state index contributed by atoms with van der Waals surface area (Å²) in [4.78, 5) is 29.2. The zero-order valence-electron chi connectivity index (χ0n) is 13.7. The zero-order chi connectivity index (χ0) is 17.0. The van der Waals surface area contributed by atoms with Gasteiger partial charge in [0.25, 0.3) is 0 Å². The van der Waals surface area contributed by atoms with Gasteiger partial charge in [0, 0.05) is 22.0 Å². The molecule has 0 unspecified atom stereocenters. The summed E-state index contributed by atoms with van der Waals surface area (Å²) in [5, 5.41) is 5.69. The molecule has 0 fully saturated rings. The quantitative estimate of drug-likeness (QED) is 0.846. The molecule has 3 amide bonds. The number of amides is 3. The monoisotopic (exact) mass is 331 g/mol. The van der Waals surface area contributed by atoms with Gasteiger partial charge in [-0.1, -0.05) is 18.2 Å². The van der Waals surface area contributed by atoms with E-state index in [4.69, 9.17) is 0 Å². The highest BCUT2D eigenvalue weighted by Gasteiger charge is 2.20. The Balaban J connectivity index is 2.04. The third-order valence-electron chi connectivity index (χ3n) is 2.99. The number of carbonyl (C=O) groups excluding carboxylic acids is 2. The first-order valence-corrected chi connectivity index (χ1v) is 8.27. The standard InChI is InChI=1S/C17H21N3O2S/c1-11(15(21)19-16(22)20-17(2,3)4)23-13-9-5-7-12-8-6-10-18-14(12)13/h5-11H,1-4H3,(H2,19,20,21,22)/t11-/m0/s1. The minimum Gasteiger partial charge on any atom is -0.333 e. The van der Waals surface area contributed by atoms with Gasteiger partial charge >= 0.3 is 6.03 Å². The predicted molar refractivity (Wildman–Crippen MR) is 93.5 cm³/mol. The van der Waals surface area contributed by atoms with E-state index < -0.39 is 11.3 Å². The summed E-state index contributed by atoms with van der Waals surface area (Å²) in [6.07, 6.45) is 1.73. The van der Waals surface area contributed by atoms with Crippen molar-refractivity contribution >= 4 is 34.6 Å². The fraction of sp³-hybridized carbons (Fsp3) is 0.353. The average Bonchev–Trinajstić information content (AvgIpc) is 2.45. The lowest BCUT2D eigenvalue weighted by Crippen LogP contribution is -2.49. The Morgan fingerprint density at radius 3 is 2.57 bits per heavy atom. The smallest absolute Gasteiger partial charge is 0.321 e. The third-order valence-corrected chi connectivity index (χ3v) is 4.14. The van der Waals surface area contributed by atoms with Crippen LogP contribution in [0.15, 0.2) is 41.4 Å². The number of nitrogens with zero attached hydrogens (tertiary/aromatic N) is 1. The van der Waals surface area contributed by atoms with Crippen LogP contribution in [0.1, 0.15) is 27.7 Å². The van der Waals surface area contributed by atoms with Crippen LogP contribution in [-0.4, -0.2) is 27.7 Å². The van der Waals surface area contributed by atoms with Crippen LogP contribution in [0.2, 0.25) is 0 Å². The molecule has 0 radical (unpaired) electrons. The maximum atomic E-state index is 12.2. The highest BCUT2D eigenvalue weighted by atomic mass is 32.2. The Kier molecular flexibility index (Phi) is 5.26. The van der Waals surface area contributed by atoms with E-state index >= 15 is 0 Å². The second kappa shape index (κ2) is 7.00. The number of imide groups is 1. The molecule has 2 aromatic rings. The molecule has 6 heteroatoms. The number of carbonyl (C=O) groups is 2. The van der Waals surface area contributed by atoms with E-state index in [-0.39, 0.29) is 11.4 Å². The maximum absolute atomic E-state index is 12.2. The van der Waals surface area contributed by atoms with E-state index in [1.165, 1.54) is 11.8 Å². The molecule has 23 heavy (non-hydrogen) atoms. The van der Waals surface area contributed by atoms with Crippen molar-refractivity contribution < 1.29 is 9.59 Å². The fourth-order valence-electron chi connectivity index (χ4n) is 2.00. The minimum atomic E-state index is -0.481. The van der Waals surface area contributed by atoms with Gasteiger partial charge in [0.05, 0.1) is 10.8 Å². The molecule has 0 saturated heterocycles. The molecule has 1 aromatic carbocycles. The van der Waals surface area contributed by atoms with Crippen molar-refractivity contribution in [2.75, 3.05) is 0 Å². The van der Waals surface area contributed by atoms with E-state index in [0.717, 1.165) is 15.8 Å². The highest BCUT2D eigenvalue weighted by molar-refractivity contribution is 8.00. The first-order chi connectivity index (χ1) is 10.8. The number of pyridine rings is 1. The van der Waals surface area contributed by atoms with Crippen LogP contribution in [0.5, 0.6) is 0 Å². The predicted octanol–water partition coefficient (Wildman–Crippen LogP) is 3.34. The van der Waals surface area contributed by atoms with Crippen molar-refractivity contribution in [2.45, 2.75) is 43.4 Å². The number of fused-ring (bicyclic) bond motifs is 1. The number of benzene rings is 1. The number of aromatic nitrogens is 1. The van der Waals surface area contributed by atoms with Gasteiger partial charge in [0.15, 0.2) is 0 Å². The summed E-state index contributed by atoms with van der Waals surface area (Å²) in [6, 6.07) is 9.22. The Morgan fingerprint density at radius 2 is 1.87 bits per heavy atom. The molecule has 5 nitrogen and oxygen atoms in total. The largest absolute Gasteiger partial charge is 0.333 e. The van der Waals surface area contributed by atoms with E-state index in [1.54, 1.807) is 13.1 Å². The van der Waals surface area contributed by atoms with Gasteiger partial charge in [0.2, 0.25) is 5.91 Å². The lowest BCUT2D eigenvalue weighted by Gasteiger charge is -2.21. The van der Waals surface area contributed by atoms with Gasteiger partial charge < -0.3 is 5.32 Å². The van der Waals surface area contributed by atoms with E-state index in [0.29, 0.717) is 0 Å². The Labute approximate surface area is 140 Å². The highest BCUT2D eigenvalue weighted by Crippen LogP contribution is 2.29. The molecule has 0 aliphatic carbocycles. The van der Waals surface area contributed by atoms with Gasteiger partial charge in [-0.25, -0.2) is 4.79 Å². The number of nitrogens with one attached hydrogen (secondary N) is 2. The Bertz CT molecular complexity index is 720. The number of hydrogen-bond donors (Lipinski definition) is 2. The molecular weight excluding hydrogens is 310 g/mol. The van der Waals surface area contributed by atoms with Gasteiger partial charge in [-0.3, -0.25) is 15.1 Å². The molecular formula is C17H21N3O2S. The third kappa shape index (κ3) is 4.96. The molecule has 0 spiro atoms. The average molecular weight is 331 g/mol. The summed E-state index contributed by atoms with van der Waals surface area (Å²) in [5.74, 6) is -0.329. The Hall–Kier alpha value is -2.08. The normalized spacial score (nSPS) is 12.7. The van der Waals surface area contributed by atoms with E-state index in [1.807, 2.05) is 51.1 Å². The molecule has 1 heterocycles. The van der Waals surface area contributed by atoms with Crippen molar-refractivity contribution in [2.24, 2.45) is 0 Å². The second-order valence-corrected chi connectivity index (χ2v) is 7.67. The van der Waals surface area contributed by atoms with Crippen molar-refractivity contribution in [3.8, 4) is 0 Å². The van der Waals surface area contributed by atoms with Crippen LogP contribution in [0.3, 0.4) is 0 Å². The minimum absolute atomic E-state index is 0.329. The van der Waals surface area contributed by atoms with Crippen molar-refractivity contribution in [3.63, 3.8) is 0 Å². The van der Waals surface area contributed by atoms with Crippen LogP contribution in [0.25, 0.3) is 10.9 Å². The van der Waals surface area contributed by atoms with Crippen molar-refractivity contribution in [1.82, 2.24) is 15.6 Å². The number of hydrogen-bond acceptors (Lipinski definition) is 4. The van der Waals surface area contributed by atoms with Crippen LogP contribution in [0, 0.1) is 0 Å². The van der Waals surface area contributed by atoms with Crippen molar-refractivity contribution in [3.05, 3.63) is 36.5 Å².